The van der Waals surface area contributed by atoms with Gasteiger partial charge in [0.05, 0.1) is 6.07 Å². The standard InChI is InChI=1S/C15H26N4O/c1-5-15(4,9-10-16)12-14-17-13(18-20-14)8-11-19(6-2)7-3/h5-9,11-12H2,1-4H3. The topological polar surface area (TPSA) is 66.0 Å². The zero-order chi connectivity index (χ0) is 15.0. The summed E-state index contributed by atoms with van der Waals surface area (Å²) < 4.78 is 5.32. The number of nitriles is 1. The molecule has 0 N–H and O–H groups in total. The SMILES string of the molecule is CCN(CC)CCc1noc(CC(C)(CC)CC#N)n1. The van der Waals surface area contributed by atoms with Crippen LogP contribution in [0.2, 0.25) is 0 Å². The number of nitrogens with zero attached hydrogens (tertiary/aromatic N) is 4. The molecule has 5 heteroatoms. The minimum Gasteiger partial charge on any atom is -0.339 e. The van der Waals surface area contributed by atoms with E-state index in [-0.39, 0.29) is 5.41 Å². The fourth-order valence-corrected chi connectivity index (χ4v) is 2.13. The van der Waals surface area contributed by atoms with Crippen LogP contribution in [0.15, 0.2) is 4.52 Å². The summed E-state index contributed by atoms with van der Waals surface area (Å²) in [6, 6.07) is 2.25. The zero-order valence-electron chi connectivity index (χ0n) is 13.1. The number of likely N-dealkylation sites (N-methyl/N-ethyl adjacent to an activating group) is 1. The van der Waals surface area contributed by atoms with Crippen LogP contribution >= 0.6 is 0 Å². The average molecular weight is 278 g/mol. The number of aromatic nitrogens is 2. The zero-order valence-corrected chi connectivity index (χ0v) is 13.1. The first kappa shape index (κ1) is 16.6. The molecule has 0 aliphatic rings. The van der Waals surface area contributed by atoms with Crippen LogP contribution in [0.5, 0.6) is 0 Å². The molecule has 0 spiro atoms. The molecule has 0 saturated carbocycles. The lowest BCUT2D eigenvalue weighted by Crippen LogP contribution is -2.25. The van der Waals surface area contributed by atoms with E-state index in [1.807, 2.05) is 0 Å². The number of hydrogen-bond donors (Lipinski definition) is 0. The van der Waals surface area contributed by atoms with Gasteiger partial charge in [-0.1, -0.05) is 32.9 Å². The summed E-state index contributed by atoms with van der Waals surface area (Å²) >= 11 is 0. The molecular formula is C15H26N4O. The molecule has 0 saturated heterocycles. The van der Waals surface area contributed by atoms with Crippen molar-refractivity contribution in [1.29, 1.82) is 5.26 Å². The molecule has 1 unspecified atom stereocenters. The molecule has 0 aromatic carbocycles. The number of hydrogen-bond acceptors (Lipinski definition) is 5. The normalized spacial score (nSPS) is 14.2. The lowest BCUT2D eigenvalue weighted by Gasteiger charge is -2.22. The molecule has 0 aliphatic carbocycles. The van der Waals surface area contributed by atoms with Gasteiger partial charge in [0, 0.05) is 25.8 Å². The van der Waals surface area contributed by atoms with E-state index in [9.17, 15) is 0 Å². The number of rotatable bonds is 9. The van der Waals surface area contributed by atoms with Crippen LogP contribution in [-0.4, -0.2) is 34.7 Å². The molecule has 20 heavy (non-hydrogen) atoms. The van der Waals surface area contributed by atoms with Crippen molar-refractivity contribution in [1.82, 2.24) is 15.0 Å². The van der Waals surface area contributed by atoms with E-state index in [2.05, 4.69) is 48.8 Å². The largest absolute Gasteiger partial charge is 0.339 e. The van der Waals surface area contributed by atoms with Gasteiger partial charge in [-0.3, -0.25) is 0 Å². The molecule has 1 heterocycles. The maximum absolute atomic E-state index is 8.89. The Morgan fingerprint density at radius 3 is 2.55 bits per heavy atom. The summed E-state index contributed by atoms with van der Waals surface area (Å²) in [6.45, 7) is 11.5. The van der Waals surface area contributed by atoms with Crippen molar-refractivity contribution in [3.8, 4) is 6.07 Å². The van der Waals surface area contributed by atoms with Gasteiger partial charge in [0.15, 0.2) is 5.82 Å². The second-order valence-corrected chi connectivity index (χ2v) is 5.56. The summed E-state index contributed by atoms with van der Waals surface area (Å²) in [5, 5.41) is 12.9. The summed E-state index contributed by atoms with van der Waals surface area (Å²) in [7, 11) is 0. The van der Waals surface area contributed by atoms with Crippen molar-refractivity contribution in [2.24, 2.45) is 5.41 Å². The quantitative estimate of drug-likeness (QED) is 0.695. The summed E-state index contributed by atoms with van der Waals surface area (Å²) in [6.07, 6.45) is 2.93. The first-order valence-electron chi connectivity index (χ1n) is 7.47. The lowest BCUT2D eigenvalue weighted by atomic mass is 9.81. The fraction of sp³-hybridized carbons (Fsp3) is 0.800. The lowest BCUT2D eigenvalue weighted by molar-refractivity contribution is 0.264. The molecule has 1 aromatic rings. The van der Waals surface area contributed by atoms with E-state index in [1.165, 1.54) is 0 Å². The molecule has 5 nitrogen and oxygen atoms in total. The van der Waals surface area contributed by atoms with Gasteiger partial charge in [-0.2, -0.15) is 10.2 Å². The van der Waals surface area contributed by atoms with Crippen molar-refractivity contribution >= 4 is 0 Å². The third kappa shape index (κ3) is 4.93. The van der Waals surface area contributed by atoms with E-state index >= 15 is 0 Å². The summed E-state index contributed by atoms with van der Waals surface area (Å²) in [5.74, 6) is 1.42. The molecule has 1 rings (SSSR count). The van der Waals surface area contributed by atoms with Gasteiger partial charge in [0.2, 0.25) is 5.89 Å². The Balaban J connectivity index is 2.57. The van der Waals surface area contributed by atoms with Crippen LogP contribution in [0, 0.1) is 16.7 Å². The minimum absolute atomic E-state index is 0.0720. The smallest absolute Gasteiger partial charge is 0.227 e. The molecule has 1 aromatic heterocycles. The highest BCUT2D eigenvalue weighted by Gasteiger charge is 2.25. The van der Waals surface area contributed by atoms with Gasteiger partial charge in [-0.25, -0.2) is 0 Å². The molecular weight excluding hydrogens is 252 g/mol. The van der Waals surface area contributed by atoms with Gasteiger partial charge in [0.1, 0.15) is 0 Å². The van der Waals surface area contributed by atoms with E-state index in [0.717, 1.165) is 38.3 Å². The van der Waals surface area contributed by atoms with Crippen LogP contribution in [0.1, 0.15) is 52.3 Å². The van der Waals surface area contributed by atoms with Crippen molar-refractivity contribution in [3.63, 3.8) is 0 Å². The first-order chi connectivity index (χ1) is 9.56. The second kappa shape index (κ2) is 8.01. The Morgan fingerprint density at radius 1 is 1.30 bits per heavy atom. The van der Waals surface area contributed by atoms with Crippen LogP contribution in [0.3, 0.4) is 0 Å². The molecule has 112 valence electrons. The van der Waals surface area contributed by atoms with Gasteiger partial charge in [0.25, 0.3) is 0 Å². The van der Waals surface area contributed by atoms with Gasteiger partial charge in [-0.15, -0.1) is 0 Å². The first-order valence-corrected chi connectivity index (χ1v) is 7.47. The Kier molecular flexibility index (Phi) is 6.66. The maximum Gasteiger partial charge on any atom is 0.227 e. The van der Waals surface area contributed by atoms with Crippen LogP contribution < -0.4 is 0 Å². The van der Waals surface area contributed by atoms with E-state index in [1.54, 1.807) is 0 Å². The second-order valence-electron chi connectivity index (χ2n) is 5.56. The van der Waals surface area contributed by atoms with Crippen LogP contribution in [0.4, 0.5) is 0 Å². The van der Waals surface area contributed by atoms with Gasteiger partial charge < -0.3 is 9.42 Å². The highest BCUT2D eigenvalue weighted by Crippen LogP contribution is 2.29. The van der Waals surface area contributed by atoms with Gasteiger partial charge in [-0.05, 0) is 24.9 Å². The molecule has 0 radical (unpaired) electrons. The van der Waals surface area contributed by atoms with E-state index in [4.69, 9.17) is 9.78 Å². The van der Waals surface area contributed by atoms with Crippen molar-refractivity contribution in [2.45, 2.75) is 53.4 Å². The predicted octanol–water partition coefficient (Wildman–Crippen LogP) is 2.83. The third-order valence-electron chi connectivity index (χ3n) is 3.99. The third-order valence-corrected chi connectivity index (χ3v) is 3.99. The van der Waals surface area contributed by atoms with Crippen LogP contribution in [-0.2, 0) is 12.8 Å². The van der Waals surface area contributed by atoms with E-state index < -0.39 is 0 Å². The van der Waals surface area contributed by atoms with Gasteiger partial charge >= 0.3 is 0 Å². The highest BCUT2D eigenvalue weighted by atomic mass is 16.5. The monoisotopic (exact) mass is 278 g/mol. The molecule has 1 atom stereocenters. The van der Waals surface area contributed by atoms with E-state index in [0.29, 0.717) is 18.7 Å². The molecule has 0 amide bonds. The van der Waals surface area contributed by atoms with Crippen molar-refractivity contribution < 1.29 is 4.52 Å². The van der Waals surface area contributed by atoms with Crippen LogP contribution in [0.25, 0.3) is 0 Å². The average Bonchev–Trinajstić information content (AvgIpc) is 2.87. The Morgan fingerprint density at radius 2 is 2.00 bits per heavy atom. The summed E-state index contributed by atoms with van der Waals surface area (Å²) in [4.78, 5) is 6.79. The minimum atomic E-state index is -0.0720. The fourth-order valence-electron chi connectivity index (χ4n) is 2.13. The molecule has 0 aliphatic heterocycles. The molecule has 0 fully saturated rings. The van der Waals surface area contributed by atoms with Crippen molar-refractivity contribution in [3.05, 3.63) is 11.7 Å². The van der Waals surface area contributed by atoms with Crippen molar-refractivity contribution in [2.75, 3.05) is 19.6 Å². The predicted molar refractivity (Wildman–Crippen MR) is 78.1 cm³/mol. The Hall–Kier alpha value is -1.41. The molecule has 0 bridgehead atoms. The Labute approximate surface area is 122 Å². The summed E-state index contributed by atoms with van der Waals surface area (Å²) in [5.41, 5.74) is -0.0720. The Bertz CT molecular complexity index is 433. The highest BCUT2D eigenvalue weighted by molar-refractivity contribution is 4.95. The maximum atomic E-state index is 8.89.